The van der Waals surface area contributed by atoms with Gasteiger partial charge in [-0.2, -0.15) is 0 Å². The van der Waals surface area contributed by atoms with Crippen LogP contribution in [0, 0.1) is 0 Å². The third-order valence-electron chi connectivity index (χ3n) is 9.08. The Labute approximate surface area is 243 Å². The van der Waals surface area contributed by atoms with Crippen LogP contribution in [0.15, 0.2) is 90.2 Å². The number of aryl methyl sites for hydroxylation is 1. The zero-order chi connectivity index (χ0) is 28.2. The highest BCUT2D eigenvalue weighted by atomic mass is 16.7. The molecule has 1 fully saturated rings. The van der Waals surface area contributed by atoms with E-state index in [0.29, 0.717) is 0 Å². The van der Waals surface area contributed by atoms with Gasteiger partial charge in [-0.05, 0) is 111 Å². The van der Waals surface area contributed by atoms with Gasteiger partial charge in [0, 0.05) is 5.70 Å². The Hall–Kier alpha value is -3.74. The summed E-state index contributed by atoms with van der Waals surface area (Å²) < 4.78 is 12.6. The maximum Gasteiger partial charge on any atom is 0.494 e. The molecule has 41 heavy (non-hydrogen) atoms. The molecule has 2 aliphatic heterocycles. The maximum absolute atomic E-state index is 6.29. The first-order valence-electron chi connectivity index (χ1n) is 14.7. The molecule has 0 amide bonds. The van der Waals surface area contributed by atoms with E-state index in [2.05, 4.69) is 118 Å². The standard InChI is InChI=1S/C35H36BN3O2/c1-34(2)35(3,4)41-36(40-34)27-17-13-23(14-18-27)26-21-32(30-19-15-24-9-5-7-11-28(24)37-30)39-33(22-26)31-20-16-25-10-6-8-12-29(25)38-31/h7-8,11-22,30,37H,5-6,9-10H2,1-4H3. The van der Waals surface area contributed by atoms with Gasteiger partial charge in [-0.3, -0.25) is 0 Å². The fourth-order valence-corrected chi connectivity index (χ4v) is 5.85. The maximum atomic E-state index is 6.29. The molecule has 1 saturated heterocycles. The molecule has 1 aromatic carbocycles. The molecule has 6 heteroatoms. The van der Waals surface area contributed by atoms with Crippen LogP contribution >= 0.6 is 0 Å². The Morgan fingerprint density at radius 2 is 1.54 bits per heavy atom. The summed E-state index contributed by atoms with van der Waals surface area (Å²) in [6.45, 7) is 8.34. The molecule has 0 saturated carbocycles. The summed E-state index contributed by atoms with van der Waals surface area (Å²) in [6.07, 6.45) is 17.5. The third kappa shape index (κ3) is 4.89. The Bertz CT molecular complexity index is 1620. The van der Waals surface area contributed by atoms with Gasteiger partial charge in [0.2, 0.25) is 0 Å². The van der Waals surface area contributed by atoms with Crippen molar-refractivity contribution in [2.75, 3.05) is 0 Å². The summed E-state index contributed by atoms with van der Waals surface area (Å²) in [5, 5.41) is 3.72. The van der Waals surface area contributed by atoms with E-state index in [4.69, 9.17) is 19.3 Å². The van der Waals surface area contributed by atoms with Crippen LogP contribution in [-0.4, -0.2) is 28.3 Å². The van der Waals surface area contributed by atoms with E-state index in [1.165, 1.54) is 16.8 Å². The van der Waals surface area contributed by atoms with Gasteiger partial charge in [0.25, 0.3) is 0 Å². The largest absolute Gasteiger partial charge is 0.494 e. The lowest BCUT2D eigenvalue weighted by molar-refractivity contribution is 0.00578. The van der Waals surface area contributed by atoms with Crippen LogP contribution in [-0.2, 0) is 15.7 Å². The molecule has 1 unspecified atom stereocenters. The molecule has 3 aromatic rings. The molecule has 5 nitrogen and oxygen atoms in total. The topological polar surface area (TPSA) is 56.3 Å². The van der Waals surface area contributed by atoms with Gasteiger partial charge in [0.1, 0.15) is 0 Å². The molecular formula is C35H36BN3O2. The van der Waals surface area contributed by atoms with Gasteiger partial charge >= 0.3 is 7.12 Å². The molecule has 0 bridgehead atoms. The first-order valence-corrected chi connectivity index (χ1v) is 14.7. The summed E-state index contributed by atoms with van der Waals surface area (Å²) in [5.74, 6) is 0. The summed E-state index contributed by atoms with van der Waals surface area (Å²) >= 11 is 0. The molecule has 1 N–H and O–H groups in total. The average Bonchev–Trinajstić information content (AvgIpc) is 3.22. The Kier molecular flexibility index (Phi) is 6.37. The van der Waals surface area contributed by atoms with Gasteiger partial charge in [0.15, 0.2) is 0 Å². The van der Waals surface area contributed by atoms with Gasteiger partial charge in [-0.25, -0.2) is 9.97 Å². The first kappa shape index (κ1) is 26.2. The summed E-state index contributed by atoms with van der Waals surface area (Å²) in [7, 11) is -0.382. The number of nitrogens with one attached hydrogen (secondary N) is 1. The number of dihydropyridines is 1. The molecule has 0 radical (unpaired) electrons. The van der Waals surface area contributed by atoms with Crippen molar-refractivity contribution in [1.29, 1.82) is 0 Å². The Balaban J connectivity index is 1.26. The molecule has 1 atom stereocenters. The number of nitrogens with zero attached hydrogens (tertiary/aromatic N) is 2. The number of fused-ring (bicyclic) bond motifs is 1. The highest BCUT2D eigenvalue weighted by Gasteiger charge is 2.51. The van der Waals surface area contributed by atoms with E-state index in [0.717, 1.165) is 65.0 Å². The van der Waals surface area contributed by atoms with Gasteiger partial charge in [0.05, 0.1) is 40.0 Å². The highest BCUT2D eigenvalue weighted by Crippen LogP contribution is 2.37. The normalized spacial score (nSPS) is 22.0. The van der Waals surface area contributed by atoms with E-state index in [1.807, 2.05) is 0 Å². The fourth-order valence-electron chi connectivity index (χ4n) is 5.85. The smallest absolute Gasteiger partial charge is 0.399 e. The summed E-state index contributed by atoms with van der Waals surface area (Å²) in [5.41, 5.74) is 10.2. The van der Waals surface area contributed by atoms with Crippen LogP contribution in [0.5, 0.6) is 0 Å². The fraction of sp³-hybridized carbons (Fsp3) is 0.314. The van der Waals surface area contributed by atoms with E-state index in [9.17, 15) is 0 Å². The monoisotopic (exact) mass is 541 g/mol. The SMILES string of the molecule is CC1(C)OB(c2ccc(-c3cc(-c4ccc5c(n4)C=CCC5)nc(C4C=CC5=C(C=CCC5)N4)c3)cc2)OC1(C)C. The minimum absolute atomic E-state index is 0.0169. The number of pyridine rings is 2. The molecule has 0 spiro atoms. The van der Waals surface area contributed by atoms with Crippen molar-refractivity contribution in [2.24, 2.45) is 0 Å². The van der Waals surface area contributed by atoms with Crippen molar-refractivity contribution in [2.45, 2.75) is 70.6 Å². The summed E-state index contributed by atoms with van der Waals surface area (Å²) in [6, 6.07) is 17.2. The van der Waals surface area contributed by atoms with E-state index < -0.39 is 0 Å². The molecule has 7 rings (SSSR count). The van der Waals surface area contributed by atoms with Gasteiger partial charge < -0.3 is 14.6 Å². The van der Waals surface area contributed by atoms with Crippen molar-refractivity contribution in [3.63, 3.8) is 0 Å². The second kappa shape index (κ2) is 9.97. The van der Waals surface area contributed by atoms with Crippen LogP contribution in [0.4, 0.5) is 0 Å². The van der Waals surface area contributed by atoms with Gasteiger partial charge in [-0.15, -0.1) is 0 Å². The average molecular weight is 542 g/mol. The van der Waals surface area contributed by atoms with Crippen LogP contribution in [0.1, 0.15) is 70.0 Å². The van der Waals surface area contributed by atoms with E-state index in [-0.39, 0.29) is 24.4 Å². The number of aromatic nitrogens is 2. The van der Waals surface area contributed by atoms with Crippen LogP contribution < -0.4 is 10.8 Å². The summed E-state index contributed by atoms with van der Waals surface area (Å²) in [4.78, 5) is 10.2. The van der Waals surface area contributed by atoms with Crippen molar-refractivity contribution in [1.82, 2.24) is 15.3 Å². The predicted molar refractivity (Wildman–Crippen MR) is 166 cm³/mol. The first-order chi connectivity index (χ1) is 19.8. The van der Waals surface area contributed by atoms with Crippen LogP contribution in [0.2, 0.25) is 0 Å². The molecular weight excluding hydrogens is 505 g/mol. The number of benzene rings is 1. The third-order valence-corrected chi connectivity index (χ3v) is 9.08. The molecule has 2 aromatic heterocycles. The van der Waals surface area contributed by atoms with Crippen molar-refractivity contribution in [3.05, 3.63) is 107 Å². The number of allylic oxidation sites excluding steroid dienone is 5. The lowest BCUT2D eigenvalue weighted by Crippen LogP contribution is -2.41. The van der Waals surface area contributed by atoms with Crippen molar-refractivity contribution in [3.8, 4) is 22.5 Å². The zero-order valence-electron chi connectivity index (χ0n) is 24.3. The minimum atomic E-state index is -0.382. The van der Waals surface area contributed by atoms with Crippen LogP contribution in [0.25, 0.3) is 28.6 Å². The second-order valence-corrected chi connectivity index (χ2v) is 12.4. The van der Waals surface area contributed by atoms with Crippen molar-refractivity contribution < 1.29 is 9.31 Å². The molecule has 4 aliphatic rings. The Morgan fingerprint density at radius 3 is 2.34 bits per heavy atom. The van der Waals surface area contributed by atoms with Gasteiger partial charge in [-0.1, -0.05) is 54.6 Å². The second-order valence-electron chi connectivity index (χ2n) is 12.4. The zero-order valence-corrected chi connectivity index (χ0v) is 24.3. The molecule has 4 heterocycles. The highest BCUT2D eigenvalue weighted by molar-refractivity contribution is 6.62. The predicted octanol–water partition coefficient (Wildman–Crippen LogP) is 6.87. The molecule has 2 aliphatic carbocycles. The number of hydrogen-bond acceptors (Lipinski definition) is 5. The quantitative estimate of drug-likeness (QED) is 0.365. The molecule has 206 valence electrons. The number of rotatable bonds is 4. The van der Waals surface area contributed by atoms with Crippen molar-refractivity contribution >= 4 is 18.7 Å². The lowest BCUT2D eigenvalue weighted by Gasteiger charge is -2.32. The minimum Gasteiger partial charge on any atom is -0.399 e. The number of hydrogen-bond donors (Lipinski definition) is 1. The van der Waals surface area contributed by atoms with E-state index in [1.54, 1.807) is 0 Å². The lowest BCUT2D eigenvalue weighted by atomic mass is 9.78. The Morgan fingerprint density at radius 1 is 0.780 bits per heavy atom. The van der Waals surface area contributed by atoms with E-state index >= 15 is 0 Å². The van der Waals surface area contributed by atoms with Crippen LogP contribution in [0.3, 0.4) is 0 Å².